The highest BCUT2D eigenvalue weighted by molar-refractivity contribution is 5.45. The van der Waals surface area contributed by atoms with Crippen LogP contribution in [0.3, 0.4) is 0 Å². The Balaban J connectivity index is 2.46. The lowest BCUT2D eigenvalue weighted by molar-refractivity contribution is -0.748. The van der Waals surface area contributed by atoms with Crippen molar-refractivity contribution in [2.45, 2.75) is 19.6 Å². The molecule has 9 heteroatoms. The molecule has 0 amide bonds. The van der Waals surface area contributed by atoms with Crippen LogP contribution in [0.25, 0.3) is 0 Å². The van der Waals surface area contributed by atoms with E-state index < -0.39 is 29.2 Å². The fraction of sp³-hybridized carbons (Fsp3) is 0.250. The van der Waals surface area contributed by atoms with Crippen LogP contribution in [0.2, 0.25) is 0 Å². The Morgan fingerprint density at radius 1 is 1.29 bits per heavy atom. The lowest BCUT2D eigenvalue weighted by Crippen LogP contribution is -2.39. The predicted octanol–water partition coefficient (Wildman–Crippen LogP) is 3.35. The van der Waals surface area contributed by atoms with Crippen LogP contribution in [0, 0.1) is 23.5 Å². The third-order valence-corrected chi connectivity index (χ3v) is 2.95. The summed E-state index contributed by atoms with van der Waals surface area (Å²) in [4.78, 5) is 10.6. The Kier molecular flexibility index (Phi) is 3.75. The van der Waals surface area contributed by atoms with Gasteiger partial charge in [0.05, 0.1) is 5.56 Å². The molecule has 1 N–H and O–H groups in total. The second kappa shape index (κ2) is 5.23. The first-order chi connectivity index (χ1) is 9.74. The van der Waals surface area contributed by atoms with Gasteiger partial charge in [0.2, 0.25) is 17.1 Å². The lowest BCUT2D eigenvalue weighted by atomic mass is 10.2. The minimum atomic E-state index is -4.79. The minimum absolute atomic E-state index is 0.0306. The van der Waals surface area contributed by atoms with Crippen molar-refractivity contribution < 1.29 is 26.6 Å². The maximum atomic E-state index is 13.5. The zero-order chi connectivity index (χ0) is 15.8. The van der Waals surface area contributed by atoms with Gasteiger partial charge in [-0.2, -0.15) is 18.3 Å². The number of aromatic nitrogens is 2. The summed E-state index contributed by atoms with van der Waals surface area (Å²) in [5.74, 6) is -1.69. The van der Waals surface area contributed by atoms with Gasteiger partial charge < -0.3 is 0 Å². The first kappa shape index (κ1) is 15.1. The van der Waals surface area contributed by atoms with Crippen molar-refractivity contribution in [3.8, 4) is 0 Å². The molecule has 4 nitrogen and oxygen atoms in total. The van der Waals surface area contributed by atoms with Gasteiger partial charge >= 0.3 is 6.18 Å². The largest absolute Gasteiger partial charge is 0.439 e. The average molecular weight is 306 g/mol. The molecule has 2 rings (SSSR count). The highest BCUT2D eigenvalue weighted by Gasteiger charge is 2.42. The zero-order valence-electron chi connectivity index (χ0n) is 10.6. The number of nitrogens with one attached hydrogen (secondary N) is 1. The Morgan fingerprint density at radius 2 is 1.95 bits per heavy atom. The smallest absolute Gasteiger partial charge is 0.207 e. The Bertz CT molecular complexity index is 693. The molecule has 0 atom stereocenters. The van der Waals surface area contributed by atoms with E-state index in [1.165, 1.54) is 6.92 Å². The van der Waals surface area contributed by atoms with E-state index >= 15 is 0 Å². The fourth-order valence-electron chi connectivity index (χ4n) is 1.87. The van der Waals surface area contributed by atoms with Crippen molar-refractivity contribution >= 4 is 5.69 Å². The average Bonchev–Trinajstić information content (AvgIpc) is 2.69. The van der Waals surface area contributed by atoms with E-state index in [1.807, 2.05) is 5.10 Å². The molecule has 0 aliphatic heterocycles. The maximum Gasteiger partial charge on any atom is 0.439 e. The van der Waals surface area contributed by atoms with Crippen LogP contribution < -0.4 is 4.68 Å². The number of rotatable bonds is 3. The number of H-pyrrole nitrogens is 1. The predicted molar refractivity (Wildman–Crippen MR) is 61.6 cm³/mol. The molecule has 0 aliphatic rings. The Morgan fingerprint density at radius 3 is 2.43 bits per heavy atom. The van der Waals surface area contributed by atoms with Crippen molar-refractivity contribution in [3.63, 3.8) is 0 Å². The summed E-state index contributed by atoms with van der Waals surface area (Å²) in [5, 5.41) is 4.33. The Labute approximate surface area is 115 Å². The molecule has 0 aliphatic carbocycles. The second-order valence-corrected chi connectivity index (χ2v) is 4.33. The van der Waals surface area contributed by atoms with E-state index in [0.29, 0.717) is 6.07 Å². The van der Waals surface area contributed by atoms with Crippen LogP contribution in [0.15, 0.2) is 23.4 Å². The van der Waals surface area contributed by atoms with Gasteiger partial charge in [-0.15, -0.1) is 9.59 Å². The third-order valence-electron chi connectivity index (χ3n) is 2.95. The van der Waals surface area contributed by atoms with Crippen molar-refractivity contribution in [2.24, 2.45) is 5.18 Å². The number of hydrogen-bond acceptors (Lipinski definition) is 2. The molecular weight excluding hydrogens is 297 g/mol. The SMILES string of the molecule is Cc1c(N=O)c(C(F)(F)F)[nH][n+]1Cc1ccc(F)cc1F. The molecule has 2 aromatic rings. The summed E-state index contributed by atoms with van der Waals surface area (Å²) in [6.45, 7) is 0.917. The van der Waals surface area contributed by atoms with Crippen LogP contribution in [0.5, 0.6) is 0 Å². The molecule has 1 heterocycles. The minimum Gasteiger partial charge on any atom is -0.207 e. The van der Waals surface area contributed by atoms with Gasteiger partial charge in [-0.1, -0.05) is 0 Å². The van der Waals surface area contributed by atoms with Crippen LogP contribution in [0.4, 0.5) is 27.6 Å². The molecule has 0 spiro atoms. The van der Waals surface area contributed by atoms with E-state index in [0.717, 1.165) is 16.8 Å². The normalized spacial score (nSPS) is 11.7. The van der Waals surface area contributed by atoms with Gasteiger partial charge in [0, 0.05) is 13.0 Å². The summed E-state index contributed by atoms with van der Waals surface area (Å²) in [6.07, 6.45) is -4.79. The van der Waals surface area contributed by atoms with Gasteiger partial charge in [0.1, 0.15) is 11.6 Å². The lowest BCUT2D eigenvalue weighted by Gasteiger charge is -2.00. The molecule has 0 bridgehead atoms. The molecule has 1 aromatic heterocycles. The quantitative estimate of drug-likeness (QED) is 0.527. The number of nitroso groups, excluding NO2 is 1. The number of halogens is 5. The molecule has 0 unspecified atom stereocenters. The Hall–Kier alpha value is -2.32. The summed E-state index contributed by atoms with van der Waals surface area (Å²) < 4.78 is 65.4. The van der Waals surface area contributed by atoms with Gasteiger partial charge in [-0.25, -0.2) is 8.78 Å². The summed E-state index contributed by atoms with van der Waals surface area (Å²) in [6, 6.07) is 2.72. The first-order valence-electron chi connectivity index (χ1n) is 5.71. The van der Waals surface area contributed by atoms with Crippen LogP contribution >= 0.6 is 0 Å². The molecule has 0 saturated heterocycles. The van der Waals surface area contributed by atoms with Crippen LogP contribution in [-0.4, -0.2) is 5.10 Å². The van der Waals surface area contributed by atoms with Crippen molar-refractivity contribution in [1.29, 1.82) is 0 Å². The number of nitrogens with zero attached hydrogens (tertiary/aromatic N) is 2. The van der Waals surface area contributed by atoms with Gasteiger partial charge in [0.25, 0.3) is 0 Å². The topological polar surface area (TPSA) is 49.1 Å². The van der Waals surface area contributed by atoms with E-state index in [4.69, 9.17) is 0 Å². The van der Waals surface area contributed by atoms with Crippen molar-refractivity contribution in [2.75, 3.05) is 0 Å². The maximum absolute atomic E-state index is 13.5. The van der Waals surface area contributed by atoms with Gasteiger partial charge in [-0.05, 0) is 17.3 Å². The molecule has 1 aromatic carbocycles. The van der Waals surface area contributed by atoms with Crippen LogP contribution in [-0.2, 0) is 12.7 Å². The third kappa shape index (κ3) is 2.91. The summed E-state index contributed by atoms with van der Waals surface area (Å²) in [5.41, 5.74) is -2.22. The van der Waals surface area contributed by atoms with Gasteiger partial charge in [-0.3, -0.25) is 0 Å². The van der Waals surface area contributed by atoms with Crippen molar-refractivity contribution in [1.82, 2.24) is 5.10 Å². The monoisotopic (exact) mass is 306 g/mol. The number of benzene rings is 1. The second-order valence-electron chi connectivity index (χ2n) is 4.33. The van der Waals surface area contributed by atoms with Crippen molar-refractivity contribution in [3.05, 3.63) is 51.7 Å². The molecular formula is C12H9F5N3O+. The molecule has 0 radical (unpaired) electrons. The van der Waals surface area contributed by atoms with E-state index in [1.54, 1.807) is 0 Å². The molecule has 21 heavy (non-hydrogen) atoms. The molecule has 0 fully saturated rings. The highest BCUT2D eigenvalue weighted by atomic mass is 19.4. The van der Waals surface area contributed by atoms with E-state index in [-0.39, 0.29) is 17.8 Å². The summed E-state index contributed by atoms with van der Waals surface area (Å²) in [7, 11) is 0. The van der Waals surface area contributed by atoms with E-state index in [9.17, 15) is 26.9 Å². The fourth-order valence-corrected chi connectivity index (χ4v) is 1.87. The van der Waals surface area contributed by atoms with Gasteiger partial charge in [0.15, 0.2) is 6.54 Å². The van der Waals surface area contributed by atoms with Crippen LogP contribution in [0.1, 0.15) is 17.0 Å². The standard InChI is InChI=1S/C12H8F5N3O/c1-6-10(19-21)11(12(15,16)17)18-20(6)5-7-2-3-8(13)4-9(7)14/h2-4H,5H2,1H3/p+1. The number of alkyl halides is 3. The highest BCUT2D eigenvalue weighted by Crippen LogP contribution is 2.35. The molecule has 0 saturated carbocycles. The number of aromatic amines is 1. The summed E-state index contributed by atoms with van der Waals surface area (Å²) >= 11 is 0. The first-order valence-corrected chi connectivity index (χ1v) is 5.71. The van der Waals surface area contributed by atoms with E-state index in [2.05, 4.69) is 5.18 Å². The molecule has 112 valence electrons. The zero-order valence-corrected chi connectivity index (χ0v) is 10.6. The number of hydrogen-bond donors (Lipinski definition) is 1.